The van der Waals surface area contributed by atoms with Crippen LogP contribution in [-0.2, 0) is 6.54 Å². The lowest BCUT2D eigenvalue weighted by Crippen LogP contribution is -2.52. The molecule has 2 heteroatoms. The van der Waals surface area contributed by atoms with Crippen LogP contribution in [0.2, 0.25) is 0 Å². The normalized spacial score (nSPS) is 22.1. The van der Waals surface area contributed by atoms with E-state index in [4.69, 9.17) is 0 Å². The van der Waals surface area contributed by atoms with Gasteiger partial charge < -0.3 is 0 Å². The molecule has 1 aliphatic rings. The fraction of sp³-hybridized carbons (Fsp3) is 0.368. The Kier molecular flexibility index (Phi) is 4.09. The molecule has 0 amide bonds. The minimum atomic E-state index is 0.305. The Hall–Kier alpha value is -1.64. The minimum absolute atomic E-state index is 0.305. The number of benzene rings is 2. The Labute approximate surface area is 127 Å². The van der Waals surface area contributed by atoms with Crippen molar-refractivity contribution in [2.75, 3.05) is 13.1 Å². The molecule has 1 saturated heterocycles. The summed E-state index contributed by atoms with van der Waals surface area (Å²) in [5, 5.41) is 3.72. The molecule has 2 aromatic rings. The molecule has 1 atom stereocenters. The first kappa shape index (κ1) is 14.3. The molecule has 3 rings (SSSR count). The summed E-state index contributed by atoms with van der Waals surface area (Å²) in [6.45, 7) is 7.81. The van der Waals surface area contributed by atoms with Crippen molar-refractivity contribution in [2.45, 2.75) is 26.6 Å². The zero-order valence-electron chi connectivity index (χ0n) is 12.9. The lowest BCUT2D eigenvalue weighted by atomic mass is 9.89. The van der Waals surface area contributed by atoms with E-state index in [-0.39, 0.29) is 0 Å². The monoisotopic (exact) mass is 280 g/mol. The van der Waals surface area contributed by atoms with Crippen molar-refractivity contribution in [2.24, 2.45) is 5.41 Å². The molecule has 0 spiro atoms. The average molecular weight is 280 g/mol. The number of rotatable bonds is 3. The lowest BCUT2D eigenvalue weighted by molar-refractivity contribution is 0.0472. The molecular weight excluding hydrogens is 256 g/mol. The summed E-state index contributed by atoms with van der Waals surface area (Å²) in [4.78, 5) is 2.55. The highest BCUT2D eigenvalue weighted by Crippen LogP contribution is 2.30. The molecule has 110 valence electrons. The summed E-state index contributed by atoms with van der Waals surface area (Å²) in [5.74, 6) is 0. The Morgan fingerprint density at radius 2 is 1.62 bits per heavy atom. The Morgan fingerprint density at radius 1 is 1.00 bits per heavy atom. The molecule has 1 unspecified atom stereocenters. The number of nitrogens with one attached hydrogen (secondary N) is 1. The van der Waals surface area contributed by atoms with Crippen LogP contribution in [0.15, 0.2) is 60.7 Å². The van der Waals surface area contributed by atoms with E-state index in [9.17, 15) is 0 Å². The SMILES string of the molecule is CC1(C)CNC(c2ccccc2)N(Cc2ccccc2)C1. The second-order valence-corrected chi connectivity index (χ2v) is 6.75. The Morgan fingerprint density at radius 3 is 2.29 bits per heavy atom. The van der Waals surface area contributed by atoms with Gasteiger partial charge in [0.1, 0.15) is 0 Å². The lowest BCUT2D eigenvalue weighted by Gasteiger charge is -2.44. The fourth-order valence-corrected chi connectivity index (χ4v) is 3.13. The molecule has 2 aromatic carbocycles. The molecule has 1 N–H and O–H groups in total. The van der Waals surface area contributed by atoms with Gasteiger partial charge in [-0.05, 0) is 16.5 Å². The summed E-state index contributed by atoms with van der Waals surface area (Å²) >= 11 is 0. The van der Waals surface area contributed by atoms with Crippen LogP contribution in [0.4, 0.5) is 0 Å². The van der Waals surface area contributed by atoms with E-state index < -0.39 is 0 Å². The Bertz CT molecular complexity index is 563. The molecule has 1 heterocycles. The smallest absolute Gasteiger partial charge is 0.0864 e. The fourth-order valence-electron chi connectivity index (χ4n) is 3.13. The van der Waals surface area contributed by atoms with Gasteiger partial charge in [-0.25, -0.2) is 0 Å². The summed E-state index contributed by atoms with van der Waals surface area (Å²) in [5.41, 5.74) is 3.03. The quantitative estimate of drug-likeness (QED) is 0.919. The van der Waals surface area contributed by atoms with Gasteiger partial charge in [0, 0.05) is 19.6 Å². The summed E-state index contributed by atoms with van der Waals surface area (Å²) in [6.07, 6.45) is 0.305. The van der Waals surface area contributed by atoms with Crippen molar-refractivity contribution < 1.29 is 0 Å². The molecular formula is C19H24N2. The first-order chi connectivity index (χ1) is 10.1. The highest BCUT2D eigenvalue weighted by atomic mass is 15.3. The first-order valence-corrected chi connectivity index (χ1v) is 7.70. The molecule has 0 aliphatic carbocycles. The maximum atomic E-state index is 3.72. The molecule has 0 aromatic heterocycles. The molecule has 1 fully saturated rings. The highest BCUT2D eigenvalue weighted by Gasteiger charge is 2.33. The van der Waals surface area contributed by atoms with Gasteiger partial charge in [0.15, 0.2) is 0 Å². The first-order valence-electron chi connectivity index (χ1n) is 7.70. The van der Waals surface area contributed by atoms with E-state index in [0.29, 0.717) is 11.6 Å². The number of hydrogen-bond acceptors (Lipinski definition) is 2. The molecule has 0 bridgehead atoms. The van der Waals surface area contributed by atoms with Gasteiger partial charge in [0.2, 0.25) is 0 Å². The van der Waals surface area contributed by atoms with E-state index in [1.54, 1.807) is 0 Å². The van der Waals surface area contributed by atoms with E-state index in [1.165, 1.54) is 11.1 Å². The van der Waals surface area contributed by atoms with Crippen LogP contribution in [0.3, 0.4) is 0 Å². The number of hydrogen-bond donors (Lipinski definition) is 1. The zero-order chi connectivity index (χ0) is 14.7. The third-order valence-corrected chi connectivity index (χ3v) is 4.11. The summed E-state index contributed by atoms with van der Waals surface area (Å²) in [6, 6.07) is 21.5. The van der Waals surface area contributed by atoms with Crippen LogP contribution in [-0.4, -0.2) is 18.0 Å². The van der Waals surface area contributed by atoms with E-state index >= 15 is 0 Å². The van der Waals surface area contributed by atoms with Crippen LogP contribution in [0, 0.1) is 5.41 Å². The predicted octanol–water partition coefficient (Wildman–Crippen LogP) is 3.82. The van der Waals surface area contributed by atoms with Crippen LogP contribution in [0.25, 0.3) is 0 Å². The van der Waals surface area contributed by atoms with Crippen molar-refractivity contribution in [3.63, 3.8) is 0 Å². The summed E-state index contributed by atoms with van der Waals surface area (Å²) in [7, 11) is 0. The minimum Gasteiger partial charge on any atom is -0.297 e. The van der Waals surface area contributed by atoms with Crippen LogP contribution < -0.4 is 5.32 Å². The van der Waals surface area contributed by atoms with Crippen molar-refractivity contribution >= 4 is 0 Å². The maximum Gasteiger partial charge on any atom is 0.0864 e. The Balaban J connectivity index is 1.84. The number of nitrogens with zero attached hydrogens (tertiary/aromatic N) is 1. The zero-order valence-corrected chi connectivity index (χ0v) is 12.9. The van der Waals surface area contributed by atoms with E-state index in [2.05, 4.69) is 84.7 Å². The molecule has 21 heavy (non-hydrogen) atoms. The van der Waals surface area contributed by atoms with Crippen molar-refractivity contribution in [3.8, 4) is 0 Å². The van der Waals surface area contributed by atoms with Gasteiger partial charge in [-0.1, -0.05) is 74.5 Å². The van der Waals surface area contributed by atoms with Gasteiger partial charge in [-0.2, -0.15) is 0 Å². The van der Waals surface area contributed by atoms with E-state index in [0.717, 1.165) is 19.6 Å². The highest BCUT2D eigenvalue weighted by molar-refractivity contribution is 5.21. The second-order valence-electron chi connectivity index (χ2n) is 6.75. The van der Waals surface area contributed by atoms with Gasteiger partial charge in [0.05, 0.1) is 6.17 Å². The summed E-state index contributed by atoms with van der Waals surface area (Å²) < 4.78 is 0. The predicted molar refractivity (Wildman–Crippen MR) is 87.8 cm³/mol. The van der Waals surface area contributed by atoms with E-state index in [1.807, 2.05) is 0 Å². The molecule has 0 radical (unpaired) electrons. The van der Waals surface area contributed by atoms with Gasteiger partial charge in [-0.15, -0.1) is 0 Å². The van der Waals surface area contributed by atoms with Crippen molar-refractivity contribution in [1.82, 2.24) is 10.2 Å². The van der Waals surface area contributed by atoms with Crippen LogP contribution >= 0.6 is 0 Å². The topological polar surface area (TPSA) is 15.3 Å². The standard InChI is InChI=1S/C19H24N2/c1-19(2)14-20-18(17-11-7-4-8-12-17)21(15-19)13-16-9-5-3-6-10-16/h3-12,18,20H,13-15H2,1-2H3. The van der Waals surface area contributed by atoms with Gasteiger partial charge in [0.25, 0.3) is 0 Å². The average Bonchev–Trinajstić information content (AvgIpc) is 2.48. The van der Waals surface area contributed by atoms with Gasteiger partial charge in [-0.3, -0.25) is 10.2 Å². The van der Waals surface area contributed by atoms with Gasteiger partial charge >= 0.3 is 0 Å². The van der Waals surface area contributed by atoms with Crippen LogP contribution in [0.5, 0.6) is 0 Å². The van der Waals surface area contributed by atoms with Crippen molar-refractivity contribution in [3.05, 3.63) is 71.8 Å². The van der Waals surface area contributed by atoms with Crippen molar-refractivity contribution in [1.29, 1.82) is 0 Å². The molecule has 1 aliphatic heterocycles. The van der Waals surface area contributed by atoms with Crippen LogP contribution in [0.1, 0.15) is 31.1 Å². The largest absolute Gasteiger partial charge is 0.297 e. The second kappa shape index (κ2) is 6.00. The molecule has 0 saturated carbocycles. The molecule has 2 nitrogen and oxygen atoms in total. The maximum absolute atomic E-state index is 3.72. The third-order valence-electron chi connectivity index (χ3n) is 4.11. The third kappa shape index (κ3) is 3.52.